The zero-order valence-electron chi connectivity index (χ0n) is 17.4. The Hall–Kier alpha value is -3.29. The Morgan fingerprint density at radius 2 is 1.88 bits per heavy atom. The van der Waals surface area contributed by atoms with Crippen molar-refractivity contribution in [1.82, 2.24) is 4.57 Å². The van der Waals surface area contributed by atoms with Crippen molar-refractivity contribution in [3.05, 3.63) is 101 Å². The van der Waals surface area contributed by atoms with E-state index in [0.29, 0.717) is 16.8 Å². The number of rotatable bonds is 5. The maximum Gasteiger partial charge on any atom is 0.256 e. The molecule has 2 N–H and O–H groups in total. The first-order chi connectivity index (χ1) is 15.6. The molecule has 0 aliphatic carbocycles. The van der Waals surface area contributed by atoms with E-state index in [1.807, 2.05) is 54.2 Å². The minimum atomic E-state index is -0.459. The van der Waals surface area contributed by atoms with Crippen molar-refractivity contribution in [3.63, 3.8) is 0 Å². The summed E-state index contributed by atoms with van der Waals surface area (Å²) in [5.41, 5.74) is 4.02. The van der Waals surface area contributed by atoms with Crippen LogP contribution in [0.25, 0.3) is 0 Å². The lowest BCUT2D eigenvalue weighted by molar-refractivity contribution is 0.0966. The molecule has 0 fully saturated rings. The molecule has 3 heterocycles. The highest BCUT2D eigenvalue weighted by Crippen LogP contribution is 2.34. The summed E-state index contributed by atoms with van der Waals surface area (Å²) >= 11 is 3.15. The average molecular weight is 460 g/mol. The number of anilines is 2. The van der Waals surface area contributed by atoms with Gasteiger partial charge in [-0.1, -0.05) is 12.1 Å². The molecule has 1 amide bonds. The number of carbonyl (C=O) groups is 2. The predicted octanol–water partition coefficient (Wildman–Crippen LogP) is 5.92. The maximum atomic E-state index is 13.4. The molecule has 5 rings (SSSR count). The van der Waals surface area contributed by atoms with E-state index in [1.54, 1.807) is 35.6 Å². The minimum Gasteiger partial charge on any atom is -0.362 e. The molecule has 4 aromatic rings. The number of thioether (sulfide) groups is 1. The summed E-state index contributed by atoms with van der Waals surface area (Å²) in [6.07, 6.45) is 3.96. The van der Waals surface area contributed by atoms with Crippen LogP contribution in [-0.4, -0.2) is 22.5 Å². The second kappa shape index (κ2) is 8.68. The number of thiophene rings is 1. The van der Waals surface area contributed by atoms with E-state index < -0.39 is 6.04 Å². The lowest BCUT2D eigenvalue weighted by Gasteiger charge is -2.17. The van der Waals surface area contributed by atoms with Gasteiger partial charge in [0.1, 0.15) is 6.04 Å². The van der Waals surface area contributed by atoms with Crippen LogP contribution in [0.5, 0.6) is 0 Å². The number of ketones is 1. The Morgan fingerprint density at radius 1 is 1.06 bits per heavy atom. The molecule has 0 saturated carbocycles. The van der Waals surface area contributed by atoms with Gasteiger partial charge in [-0.3, -0.25) is 9.59 Å². The highest BCUT2D eigenvalue weighted by atomic mass is 32.2. The fourth-order valence-corrected chi connectivity index (χ4v) is 5.36. The minimum absolute atomic E-state index is 0.00296. The van der Waals surface area contributed by atoms with Crippen molar-refractivity contribution in [3.8, 4) is 0 Å². The number of carbonyl (C=O) groups excluding carboxylic acids is 2. The van der Waals surface area contributed by atoms with Gasteiger partial charge in [-0.05, 0) is 66.2 Å². The first-order valence-corrected chi connectivity index (χ1v) is 12.3. The molecule has 1 unspecified atom stereocenters. The number of fused-ring (bicyclic) bond motifs is 2. The van der Waals surface area contributed by atoms with Gasteiger partial charge in [0, 0.05) is 33.6 Å². The van der Waals surface area contributed by atoms with Crippen LogP contribution in [0.2, 0.25) is 0 Å². The van der Waals surface area contributed by atoms with Crippen molar-refractivity contribution in [2.24, 2.45) is 0 Å². The van der Waals surface area contributed by atoms with Crippen LogP contribution in [0.3, 0.4) is 0 Å². The van der Waals surface area contributed by atoms with Crippen LogP contribution in [-0.2, 0) is 6.54 Å². The summed E-state index contributed by atoms with van der Waals surface area (Å²) in [7, 11) is 0. The molecule has 1 aliphatic rings. The summed E-state index contributed by atoms with van der Waals surface area (Å²) in [5.74, 6) is -0.167. The van der Waals surface area contributed by atoms with E-state index in [4.69, 9.17) is 0 Å². The van der Waals surface area contributed by atoms with Gasteiger partial charge < -0.3 is 15.2 Å². The Balaban J connectivity index is 1.36. The van der Waals surface area contributed by atoms with Crippen LogP contribution < -0.4 is 10.6 Å². The first kappa shape index (κ1) is 20.6. The second-order valence-corrected chi connectivity index (χ2v) is 9.27. The number of hydrogen-bond donors (Lipinski definition) is 2. The zero-order chi connectivity index (χ0) is 22.1. The van der Waals surface area contributed by atoms with E-state index in [0.717, 1.165) is 22.1 Å². The van der Waals surface area contributed by atoms with Crippen LogP contribution in [0, 0.1) is 0 Å². The quantitative estimate of drug-likeness (QED) is 0.287. The number of aromatic nitrogens is 1. The summed E-state index contributed by atoms with van der Waals surface area (Å²) in [6, 6.07) is 20.2. The van der Waals surface area contributed by atoms with E-state index >= 15 is 0 Å². The number of amides is 1. The van der Waals surface area contributed by atoms with Crippen molar-refractivity contribution in [2.45, 2.75) is 17.5 Å². The smallest absolute Gasteiger partial charge is 0.256 e. The first-order valence-electron chi connectivity index (χ1n) is 10.2. The van der Waals surface area contributed by atoms with Gasteiger partial charge in [0.25, 0.3) is 5.91 Å². The largest absolute Gasteiger partial charge is 0.362 e. The highest BCUT2D eigenvalue weighted by Gasteiger charge is 2.28. The number of hydrogen-bond acceptors (Lipinski definition) is 5. The van der Waals surface area contributed by atoms with E-state index in [9.17, 15) is 9.59 Å². The highest BCUT2D eigenvalue weighted by molar-refractivity contribution is 7.98. The van der Waals surface area contributed by atoms with Crippen LogP contribution >= 0.6 is 23.1 Å². The fraction of sp³-hybridized carbons (Fsp3) is 0.120. The van der Waals surface area contributed by atoms with Crippen molar-refractivity contribution < 1.29 is 9.59 Å². The fourth-order valence-electron chi connectivity index (χ4n) is 3.92. The lowest BCUT2D eigenvalue weighted by atomic mass is 10.0. The topological polar surface area (TPSA) is 63.1 Å². The molecule has 2 aromatic carbocycles. The van der Waals surface area contributed by atoms with Crippen LogP contribution in [0.4, 0.5) is 10.7 Å². The number of nitrogens with zero attached hydrogens (tertiary/aromatic N) is 1. The van der Waals surface area contributed by atoms with Crippen molar-refractivity contribution in [2.75, 3.05) is 16.9 Å². The number of Topliss-reactive ketones (excluding diaryl/α,β-unsaturated/α-hetero) is 1. The standard InChI is InChI=1S/C25H21N3O2S2/c1-31-21-7-3-2-5-19(21)24(30)26-18-10-8-16(9-11-18)23(29)22-20-6-4-13-28(20)15-17-12-14-32-25(17)27-22/h2-14,22,27H,15H2,1H3,(H,26,30). The molecule has 0 spiro atoms. The summed E-state index contributed by atoms with van der Waals surface area (Å²) in [6.45, 7) is 0.750. The summed E-state index contributed by atoms with van der Waals surface area (Å²) < 4.78 is 2.12. The van der Waals surface area contributed by atoms with Gasteiger partial charge in [0.15, 0.2) is 5.78 Å². The van der Waals surface area contributed by atoms with Gasteiger partial charge in [0.2, 0.25) is 0 Å². The molecule has 7 heteroatoms. The van der Waals surface area contributed by atoms with E-state index in [1.165, 1.54) is 17.3 Å². The van der Waals surface area contributed by atoms with Crippen molar-refractivity contribution >= 4 is 45.5 Å². The lowest BCUT2D eigenvalue weighted by Crippen LogP contribution is -2.22. The maximum absolute atomic E-state index is 13.4. The van der Waals surface area contributed by atoms with Crippen LogP contribution in [0.15, 0.2) is 83.2 Å². The predicted molar refractivity (Wildman–Crippen MR) is 131 cm³/mol. The molecule has 1 aliphatic heterocycles. The molecule has 0 radical (unpaired) electrons. The van der Waals surface area contributed by atoms with Gasteiger partial charge in [-0.25, -0.2) is 0 Å². The van der Waals surface area contributed by atoms with Gasteiger partial charge in [-0.15, -0.1) is 23.1 Å². The van der Waals surface area contributed by atoms with Gasteiger partial charge in [-0.2, -0.15) is 0 Å². The molecule has 2 aromatic heterocycles. The molecule has 1 atom stereocenters. The molecule has 0 saturated heterocycles. The molecule has 0 bridgehead atoms. The normalized spacial score (nSPS) is 14.6. The average Bonchev–Trinajstić information content (AvgIpc) is 3.44. The number of nitrogens with one attached hydrogen (secondary N) is 2. The van der Waals surface area contributed by atoms with Crippen molar-refractivity contribution in [1.29, 1.82) is 0 Å². The van der Waals surface area contributed by atoms with E-state index in [2.05, 4.69) is 21.3 Å². The Labute approximate surface area is 194 Å². The Kier molecular flexibility index (Phi) is 5.59. The second-order valence-electron chi connectivity index (χ2n) is 7.51. The Bertz CT molecular complexity index is 1290. The van der Waals surface area contributed by atoms with Gasteiger partial charge >= 0.3 is 0 Å². The number of benzene rings is 2. The van der Waals surface area contributed by atoms with Crippen LogP contribution in [0.1, 0.15) is 38.0 Å². The summed E-state index contributed by atoms with van der Waals surface area (Å²) in [5, 5.41) is 9.44. The Morgan fingerprint density at radius 3 is 2.69 bits per heavy atom. The third kappa shape index (κ3) is 3.85. The molecule has 32 heavy (non-hydrogen) atoms. The zero-order valence-corrected chi connectivity index (χ0v) is 19.0. The third-order valence-corrected chi connectivity index (χ3v) is 7.25. The molecule has 160 valence electrons. The third-order valence-electron chi connectivity index (χ3n) is 5.56. The van der Waals surface area contributed by atoms with Gasteiger partial charge in [0.05, 0.1) is 17.1 Å². The monoisotopic (exact) mass is 459 g/mol. The van der Waals surface area contributed by atoms with E-state index in [-0.39, 0.29) is 11.7 Å². The molecular weight excluding hydrogens is 438 g/mol. The molecular formula is C25H21N3O2S2. The molecule has 5 nitrogen and oxygen atoms in total. The summed E-state index contributed by atoms with van der Waals surface area (Å²) in [4.78, 5) is 27.0. The SMILES string of the molecule is CSc1ccccc1C(=O)Nc1ccc(C(=O)C2Nc3sccc3Cn3cccc32)cc1.